The molecule has 0 saturated heterocycles. The molecule has 134 valence electrons. The van der Waals surface area contributed by atoms with Crippen molar-refractivity contribution >= 4 is 34.1 Å². The molecule has 1 amide bonds. The Kier molecular flexibility index (Phi) is 4.93. The zero-order valence-electron chi connectivity index (χ0n) is 13.6. The molecule has 1 aliphatic rings. The van der Waals surface area contributed by atoms with Crippen LogP contribution in [0, 0.1) is 5.82 Å². The predicted molar refractivity (Wildman–Crippen MR) is 96.8 cm³/mol. The molecule has 0 unspecified atom stereocenters. The van der Waals surface area contributed by atoms with E-state index in [1.807, 2.05) is 0 Å². The number of thioether (sulfide) groups is 1. The minimum atomic E-state index is -0.253. The third-order valence-corrected chi connectivity index (χ3v) is 5.63. The van der Waals surface area contributed by atoms with E-state index >= 15 is 0 Å². The molecule has 2 heterocycles. The van der Waals surface area contributed by atoms with Gasteiger partial charge in [0.05, 0.1) is 11.8 Å². The normalized spacial score (nSPS) is 13.7. The van der Waals surface area contributed by atoms with Crippen molar-refractivity contribution in [3.63, 3.8) is 0 Å². The summed E-state index contributed by atoms with van der Waals surface area (Å²) in [7, 11) is 0. The van der Waals surface area contributed by atoms with E-state index in [0.29, 0.717) is 22.8 Å². The summed E-state index contributed by atoms with van der Waals surface area (Å²) in [5, 5.41) is 15.6. The number of amides is 1. The molecule has 10 heteroatoms. The number of thiazole rings is 1. The minimum absolute atomic E-state index is 0.150. The van der Waals surface area contributed by atoms with E-state index in [2.05, 4.69) is 25.8 Å². The number of benzene rings is 1. The second-order valence-electron chi connectivity index (χ2n) is 5.91. The summed E-state index contributed by atoms with van der Waals surface area (Å²) in [4.78, 5) is 17.4. The van der Waals surface area contributed by atoms with Crippen molar-refractivity contribution in [2.45, 2.75) is 30.5 Å². The van der Waals surface area contributed by atoms with E-state index in [1.165, 1.54) is 35.2 Å². The van der Waals surface area contributed by atoms with Crippen LogP contribution >= 0.6 is 23.1 Å². The SMILES string of the molecule is O=C(CSc1nnnn1C1CC1)Nc1ncc(Cc2ccc(F)cc2)s1. The second kappa shape index (κ2) is 7.50. The minimum Gasteiger partial charge on any atom is -0.301 e. The fraction of sp³-hybridized carbons (Fsp3) is 0.312. The van der Waals surface area contributed by atoms with Gasteiger partial charge < -0.3 is 5.32 Å². The van der Waals surface area contributed by atoms with Crippen molar-refractivity contribution in [1.82, 2.24) is 25.2 Å². The lowest BCUT2D eigenvalue weighted by Crippen LogP contribution is -2.14. The highest BCUT2D eigenvalue weighted by Gasteiger charge is 2.28. The van der Waals surface area contributed by atoms with E-state index < -0.39 is 0 Å². The van der Waals surface area contributed by atoms with Crippen molar-refractivity contribution < 1.29 is 9.18 Å². The number of aromatic nitrogens is 5. The highest BCUT2D eigenvalue weighted by atomic mass is 32.2. The number of halogens is 1. The van der Waals surface area contributed by atoms with E-state index in [-0.39, 0.29) is 17.5 Å². The monoisotopic (exact) mass is 390 g/mol. The molecule has 0 radical (unpaired) electrons. The molecule has 1 saturated carbocycles. The van der Waals surface area contributed by atoms with E-state index in [4.69, 9.17) is 0 Å². The van der Waals surface area contributed by atoms with Crippen molar-refractivity contribution in [3.05, 3.63) is 46.7 Å². The first-order chi connectivity index (χ1) is 12.7. The number of hydrogen-bond donors (Lipinski definition) is 1. The Hall–Kier alpha value is -2.33. The van der Waals surface area contributed by atoms with Gasteiger partial charge in [0, 0.05) is 17.5 Å². The molecular weight excluding hydrogens is 375 g/mol. The Morgan fingerprint density at radius 2 is 2.15 bits per heavy atom. The zero-order valence-corrected chi connectivity index (χ0v) is 15.3. The second-order valence-corrected chi connectivity index (χ2v) is 7.97. The number of tetrazole rings is 1. The number of anilines is 1. The van der Waals surface area contributed by atoms with Crippen LogP contribution in [0.3, 0.4) is 0 Å². The summed E-state index contributed by atoms with van der Waals surface area (Å²) in [5.41, 5.74) is 0.996. The quantitative estimate of drug-likeness (QED) is 0.625. The van der Waals surface area contributed by atoms with Crippen LogP contribution in [0.2, 0.25) is 0 Å². The lowest BCUT2D eigenvalue weighted by Gasteiger charge is -2.02. The van der Waals surface area contributed by atoms with Crippen LogP contribution in [0.5, 0.6) is 0 Å². The van der Waals surface area contributed by atoms with Crippen LogP contribution in [-0.2, 0) is 11.2 Å². The van der Waals surface area contributed by atoms with Crippen LogP contribution in [0.15, 0.2) is 35.6 Å². The average molecular weight is 390 g/mol. The van der Waals surface area contributed by atoms with Crippen LogP contribution in [0.25, 0.3) is 0 Å². The summed E-state index contributed by atoms with van der Waals surface area (Å²) in [6.45, 7) is 0. The van der Waals surface area contributed by atoms with E-state index in [1.54, 1.807) is 23.0 Å². The van der Waals surface area contributed by atoms with E-state index in [9.17, 15) is 9.18 Å². The number of hydrogen-bond acceptors (Lipinski definition) is 7. The number of nitrogens with one attached hydrogen (secondary N) is 1. The third-order valence-electron chi connectivity index (χ3n) is 3.78. The van der Waals surface area contributed by atoms with Gasteiger partial charge in [-0.15, -0.1) is 16.4 Å². The number of rotatable bonds is 7. The highest BCUT2D eigenvalue weighted by Crippen LogP contribution is 2.36. The molecule has 1 aromatic carbocycles. The molecule has 0 spiro atoms. The maximum absolute atomic E-state index is 12.9. The van der Waals surface area contributed by atoms with Gasteiger partial charge in [0.25, 0.3) is 0 Å². The Bertz CT molecular complexity index is 906. The Balaban J connectivity index is 1.29. The lowest BCUT2D eigenvalue weighted by atomic mass is 10.1. The highest BCUT2D eigenvalue weighted by molar-refractivity contribution is 7.99. The molecule has 26 heavy (non-hydrogen) atoms. The summed E-state index contributed by atoms with van der Waals surface area (Å²) in [6.07, 6.45) is 4.55. The Labute approximate surface area is 157 Å². The largest absolute Gasteiger partial charge is 0.301 e. The molecule has 0 aliphatic heterocycles. The molecule has 0 bridgehead atoms. The van der Waals surface area contributed by atoms with Gasteiger partial charge in [-0.1, -0.05) is 23.9 Å². The van der Waals surface area contributed by atoms with Crippen molar-refractivity contribution in [1.29, 1.82) is 0 Å². The summed E-state index contributed by atoms with van der Waals surface area (Å²) >= 11 is 2.73. The predicted octanol–water partition coefficient (Wildman–Crippen LogP) is 2.93. The molecule has 7 nitrogen and oxygen atoms in total. The van der Waals surface area contributed by atoms with Crippen molar-refractivity contribution in [3.8, 4) is 0 Å². The van der Waals surface area contributed by atoms with Gasteiger partial charge in [0.15, 0.2) is 5.13 Å². The first kappa shape index (κ1) is 17.1. The molecule has 0 atom stereocenters. The maximum Gasteiger partial charge on any atom is 0.236 e. The molecule has 1 N–H and O–H groups in total. The summed E-state index contributed by atoms with van der Waals surface area (Å²) in [5.74, 6) is -0.181. The molecular formula is C16H15FN6OS2. The Morgan fingerprint density at radius 1 is 1.35 bits per heavy atom. The third kappa shape index (κ3) is 4.25. The molecule has 1 aliphatic carbocycles. The van der Waals surface area contributed by atoms with Gasteiger partial charge in [0.2, 0.25) is 11.1 Å². The molecule has 2 aromatic heterocycles. The zero-order chi connectivity index (χ0) is 17.9. The van der Waals surface area contributed by atoms with Gasteiger partial charge in [-0.2, -0.15) is 0 Å². The summed E-state index contributed by atoms with van der Waals surface area (Å²) in [6, 6.07) is 6.74. The smallest absolute Gasteiger partial charge is 0.236 e. The first-order valence-electron chi connectivity index (χ1n) is 8.07. The van der Waals surface area contributed by atoms with Crippen LogP contribution in [0.1, 0.15) is 29.3 Å². The maximum atomic E-state index is 12.9. The van der Waals surface area contributed by atoms with Crippen molar-refractivity contribution in [2.24, 2.45) is 0 Å². The van der Waals surface area contributed by atoms with Crippen LogP contribution in [0.4, 0.5) is 9.52 Å². The van der Waals surface area contributed by atoms with Crippen molar-refractivity contribution in [2.75, 3.05) is 11.1 Å². The number of carbonyl (C=O) groups is 1. The van der Waals surface area contributed by atoms with E-state index in [0.717, 1.165) is 23.3 Å². The van der Waals surface area contributed by atoms with Gasteiger partial charge in [-0.05, 0) is 41.0 Å². The molecule has 1 fully saturated rings. The molecule has 3 aromatic rings. The van der Waals surface area contributed by atoms with Crippen LogP contribution in [-0.4, -0.2) is 36.9 Å². The molecule has 4 rings (SSSR count). The average Bonchev–Trinajstić information content (AvgIpc) is 3.21. The summed E-state index contributed by atoms with van der Waals surface area (Å²) < 4.78 is 14.7. The van der Waals surface area contributed by atoms with Gasteiger partial charge in [-0.3, -0.25) is 4.79 Å². The van der Waals surface area contributed by atoms with Crippen LogP contribution < -0.4 is 5.32 Å². The fourth-order valence-corrected chi connectivity index (χ4v) is 3.97. The number of nitrogens with zero attached hydrogens (tertiary/aromatic N) is 5. The number of carbonyl (C=O) groups excluding carboxylic acids is 1. The lowest BCUT2D eigenvalue weighted by molar-refractivity contribution is -0.113. The van der Waals surface area contributed by atoms with Gasteiger partial charge >= 0.3 is 0 Å². The Morgan fingerprint density at radius 3 is 2.92 bits per heavy atom. The topological polar surface area (TPSA) is 85.6 Å². The standard InChI is InChI=1S/C16H15FN6OS2/c17-11-3-1-10(2-4-11)7-13-8-18-15(26-13)19-14(24)9-25-16-20-21-22-23(16)12-5-6-12/h1-4,8,12H,5-7,9H2,(H,18,19,24). The first-order valence-corrected chi connectivity index (χ1v) is 9.87. The van der Waals surface area contributed by atoms with Gasteiger partial charge in [0.1, 0.15) is 5.82 Å². The van der Waals surface area contributed by atoms with Gasteiger partial charge in [-0.25, -0.2) is 14.1 Å². The fourth-order valence-electron chi connectivity index (χ4n) is 2.36.